The number of rotatable bonds is 3. The van der Waals surface area contributed by atoms with Crippen LogP contribution in [0.25, 0.3) is 0 Å². The normalized spacial score (nSPS) is 23.6. The molecule has 26 heavy (non-hydrogen) atoms. The monoisotopic (exact) mass is 359 g/mol. The van der Waals surface area contributed by atoms with Crippen molar-refractivity contribution in [1.82, 2.24) is 4.90 Å². The molecule has 0 radical (unpaired) electrons. The average molecular weight is 359 g/mol. The van der Waals surface area contributed by atoms with Gasteiger partial charge in [0.2, 0.25) is 0 Å². The highest BCUT2D eigenvalue weighted by atomic mass is 16.7. The number of hydrogen-bond donors (Lipinski definition) is 0. The van der Waals surface area contributed by atoms with Gasteiger partial charge in [-0.3, -0.25) is 4.90 Å². The summed E-state index contributed by atoms with van der Waals surface area (Å²) in [5.74, 6) is -1.49. The van der Waals surface area contributed by atoms with Crippen molar-refractivity contribution < 1.29 is 28.5 Å². The number of carbonyl (C=O) groups excluding carboxylic acids is 2. The first-order chi connectivity index (χ1) is 12.3. The smallest absolute Gasteiger partial charge is 0.411 e. The molecule has 0 aromatic heterocycles. The van der Waals surface area contributed by atoms with Crippen molar-refractivity contribution in [2.24, 2.45) is 0 Å². The quantitative estimate of drug-likeness (QED) is 0.545. The molecule has 0 aliphatic carbocycles. The van der Waals surface area contributed by atoms with Crippen molar-refractivity contribution in [3.63, 3.8) is 0 Å². The Morgan fingerprint density at radius 2 is 1.88 bits per heavy atom. The second-order valence-electron chi connectivity index (χ2n) is 7.56. The summed E-state index contributed by atoms with van der Waals surface area (Å²) in [4.78, 5) is 26.1. The molecule has 0 saturated carbocycles. The number of carbonyl (C=O) groups is 2. The van der Waals surface area contributed by atoms with Crippen molar-refractivity contribution in [2.75, 3.05) is 26.9 Å². The second kappa shape index (κ2) is 7.32. The topological polar surface area (TPSA) is 74.3 Å². The third-order valence-corrected chi connectivity index (χ3v) is 4.66. The maximum Gasteiger partial charge on any atom is 0.411 e. The second-order valence-corrected chi connectivity index (χ2v) is 7.56. The van der Waals surface area contributed by atoms with E-state index in [1.165, 1.54) is 12.0 Å². The van der Waals surface area contributed by atoms with Gasteiger partial charge in [0, 0.05) is 19.6 Å². The zero-order chi connectivity index (χ0) is 18.8. The lowest BCUT2D eigenvalue weighted by Gasteiger charge is -2.41. The van der Waals surface area contributed by atoms with Crippen molar-refractivity contribution in [1.29, 1.82) is 0 Å². The van der Waals surface area contributed by atoms with E-state index in [0.29, 0.717) is 13.2 Å². The summed E-state index contributed by atoms with van der Waals surface area (Å²) in [7, 11) is 5.38. The maximum absolute atomic E-state index is 12.6. The molecule has 7 nitrogen and oxygen atoms in total. The lowest BCUT2D eigenvalue weighted by Crippen LogP contribution is -2.49. The van der Waals surface area contributed by atoms with Crippen molar-refractivity contribution in [3.8, 4) is 0 Å². The molecular formula is C17H23B2NO6. The molecular weight excluding hydrogens is 336 g/mol. The van der Waals surface area contributed by atoms with E-state index in [0.717, 1.165) is 5.56 Å². The van der Waals surface area contributed by atoms with Crippen LogP contribution in [0.2, 0.25) is 5.21 Å². The fourth-order valence-electron chi connectivity index (χ4n) is 3.13. The fourth-order valence-corrected chi connectivity index (χ4v) is 3.13. The predicted molar refractivity (Wildman–Crippen MR) is 98.2 cm³/mol. The molecule has 0 N–H and O–H groups in total. The molecule has 3 rings (SSSR count). The zero-order valence-electron chi connectivity index (χ0n) is 15.4. The highest BCUT2D eigenvalue weighted by Crippen LogP contribution is 2.39. The third kappa shape index (κ3) is 4.04. The molecule has 0 bridgehead atoms. The number of ether oxygens (including phenoxy) is 4. The zero-order valence-corrected chi connectivity index (χ0v) is 15.4. The highest BCUT2D eigenvalue weighted by Gasteiger charge is 2.54. The molecule has 1 spiro atoms. The minimum atomic E-state index is -0.986. The lowest BCUT2D eigenvalue weighted by molar-refractivity contribution is -0.261. The van der Waals surface area contributed by atoms with Crippen LogP contribution >= 0.6 is 0 Å². The molecule has 2 aliphatic rings. The van der Waals surface area contributed by atoms with Crippen molar-refractivity contribution >= 4 is 27.8 Å². The molecule has 9 heteroatoms. The summed E-state index contributed by atoms with van der Waals surface area (Å²) in [6.07, 6.45) is -0.353. The van der Waals surface area contributed by atoms with Gasteiger partial charge in [-0.25, -0.2) is 9.59 Å². The van der Waals surface area contributed by atoms with Gasteiger partial charge >= 0.3 is 12.1 Å². The van der Waals surface area contributed by atoms with E-state index in [9.17, 15) is 9.59 Å². The van der Waals surface area contributed by atoms with Gasteiger partial charge in [-0.05, 0) is 10.8 Å². The van der Waals surface area contributed by atoms with Crippen LogP contribution in [0.4, 0.5) is 4.79 Å². The number of methoxy groups -OCH3 is 1. The molecule has 1 aromatic carbocycles. The number of amides is 1. The Morgan fingerprint density at radius 1 is 1.23 bits per heavy atom. The van der Waals surface area contributed by atoms with Crippen LogP contribution in [0.15, 0.2) is 30.3 Å². The Hall–Kier alpha value is -1.99. The first-order valence-electron chi connectivity index (χ1n) is 8.67. The summed E-state index contributed by atoms with van der Waals surface area (Å²) < 4.78 is 22.1. The van der Waals surface area contributed by atoms with Gasteiger partial charge in [0.25, 0.3) is 0 Å². The van der Waals surface area contributed by atoms with E-state index < -0.39 is 23.9 Å². The fraction of sp³-hybridized carbons (Fsp3) is 0.529. The molecule has 2 fully saturated rings. The highest BCUT2D eigenvalue weighted by molar-refractivity contribution is 6.40. The van der Waals surface area contributed by atoms with Crippen LogP contribution in [0.5, 0.6) is 0 Å². The molecule has 0 unspecified atom stereocenters. The molecule has 1 amide bonds. The van der Waals surface area contributed by atoms with Crippen LogP contribution < -0.4 is 0 Å². The van der Waals surface area contributed by atoms with Crippen LogP contribution in [0, 0.1) is 0 Å². The number of esters is 1. The molecule has 2 heterocycles. The lowest BCUT2D eigenvalue weighted by atomic mass is 9.55. The van der Waals surface area contributed by atoms with Gasteiger partial charge in [-0.1, -0.05) is 30.3 Å². The van der Waals surface area contributed by atoms with E-state index >= 15 is 0 Å². The molecule has 2 saturated heterocycles. The van der Waals surface area contributed by atoms with Crippen LogP contribution in [0.1, 0.15) is 12.0 Å². The largest absolute Gasteiger partial charge is 0.467 e. The van der Waals surface area contributed by atoms with Gasteiger partial charge in [0.1, 0.15) is 28.3 Å². The van der Waals surface area contributed by atoms with Gasteiger partial charge in [0.05, 0.1) is 13.7 Å². The van der Waals surface area contributed by atoms with Crippen molar-refractivity contribution in [3.05, 3.63) is 35.9 Å². The molecule has 1 atom stereocenters. The van der Waals surface area contributed by atoms with Gasteiger partial charge < -0.3 is 18.9 Å². The molecule has 138 valence electrons. The number of nitrogens with zero attached hydrogens (tertiary/aromatic N) is 1. The number of hydrogen-bond acceptors (Lipinski definition) is 6. The molecule has 2 aliphatic heterocycles. The first-order valence-corrected chi connectivity index (χ1v) is 8.67. The average Bonchev–Trinajstić information content (AvgIpc) is 3.03. The van der Waals surface area contributed by atoms with E-state index in [1.807, 2.05) is 46.0 Å². The predicted octanol–water partition coefficient (Wildman–Crippen LogP) is -0.304. The number of likely N-dealkylation sites (tertiary alicyclic amines) is 1. The van der Waals surface area contributed by atoms with E-state index in [4.69, 9.17) is 18.9 Å². The minimum absolute atomic E-state index is 0.104. The number of benzene rings is 1. The van der Waals surface area contributed by atoms with Crippen LogP contribution in [-0.4, -0.2) is 71.4 Å². The van der Waals surface area contributed by atoms with Crippen LogP contribution in [0.3, 0.4) is 0 Å². The summed E-state index contributed by atoms with van der Waals surface area (Å²) in [6.45, 7) is 1.25. The Bertz CT molecular complexity index is 658. The summed E-state index contributed by atoms with van der Waals surface area (Å²) in [6, 6.07) is 8.58. The van der Waals surface area contributed by atoms with E-state index in [-0.39, 0.29) is 24.8 Å². The summed E-state index contributed by atoms with van der Waals surface area (Å²) in [5.41, 5.74) is 0.872. The Morgan fingerprint density at radius 3 is 2.50 bits per heavy atom. The van der Waals surface area contributed by atoms with Gasteiger partial charge in [-0.15, -0.1) is 0 Å². The van der Waals surface area contributed by atoms with E-state index in [2.05, 4.69) is 0 Å². The maximum atomic E-state index is 12.6. The molecule has 1 aromatic rings. The third-order valence-electron chi connectivity index (χ3n) is 4.66. The van der Waals surface area contributed by atoms with Crippen LogP contribution in [-0.2, 0) is 30.3 Å². The summed E-state index contributed by atoms with van der Waals surface area (Å²) >= 11 is 0. The van der Waals surface area contributed by atoms with Crippen molar-refractivity contribution in [2.45, 2.75) is 30.1 Å². The summed E-state index contributed by atoms with van der Waals surface area (Å²) in [5, 5.41) is -0.104. The standard InChI is InChI=1S/C17H23B2NO6/c1-23-14(21)13-7-17(25-10-16(18,19)11-26-17)9-20(13)15(22)24-8-12-5-3-2-4-6-12/h2-6,13H,7-11,18-19H2,1H3/t13-/m0/s1. The minimum Gasteiger partial charge on any atom is -0.467 e. The first kappa shape index (κ1) is 18.8. The Balaban J connectivity index is 1.69. The van der Waals surface area contributed by atoms with Gasteiger partial charge in [0.15, 0.2) is 5.79 Å². The Labute approximate surface area is 154 Å². The van der Waals surface area contributed by atoms with Gasteiger partial charge in [-0.2, -0.15) is 0 Å². The SMILES string of the molecule is BC1(B)COC2(C[C@@H](C(=O)OC)N(C(=O)OCc3ccccc3)C2)OC1. The van der Waals surface area contributed by atoms with E-state index in [1.54, 1.807) is 0 Å². The Kier molecular flexibility index (Phi) is 5.29.